The van der Waals surface area contributed by atoms with Crippen molar-refractivity contribution >= 4 is 17.6 Å². The molecule has 0 bridgehead atoms. The van der Waals surface area contributed by atoms with Gasteiger partial charge >= 0.3 is 17.6 Å². The van der Waals surface area contributed by atoms with Crippen LogP contribution in [0, 0.1) is 5.39 Å². The van der Waals surface area contributed by atoms with Crippen LogP contribution < -0.4 is 17.0 Å². The molecule has 1 aromatic rings. The highest BCUT2D eigenvalue weighted by Gasteiger charge is 2.23. The maximum atomic E-state index is 11.2. The molecule has 0 N–H and O–H groups in total. The van der Waals surface area contributed by atoms with Gasteiger partial charge < -0.3 is 26.5 Å². The van der Waals surface area contributed by atoms with E-state index in [1.165, 1.54) is 32.4 Å². The molecule has 0 aliphatic carbocycles. The second-order valence-electron chi connectivity index (χ2n) is 2.82. The molecule has 17 heavy (non-hydrogen) atoms. The van der Waals surface area contributed by atoms with E-state index in [1.54, 1.807) is 0 Å². The zero-order valence-electron chi connectivity index (χ0n) is 9.14. The Hall–Kier alpha value is -1.94. The minimum absolute atomic E-state index is 0. The van der Waals surface area contributed by atoms with E-state index < -0.39 is 11.9 Å². The molecule has 0 fully saturated rings. The Labute approximate surface area is 108 Å². The van der Waals surface area contributed by atoms with Crippen LogP contribution in [-0.4, -0.2) is 26.2 Å². The summed E-state index contributed by atoms with van der Waals surface area (Å²) in [5, 5.41) is 8.71. The third-order valence-corrected chi connectivity index (χ3v) is 1.93. The molecule has 0 aliphatic heterocycles. The van der Waals surface area contributed by atoms with Crippen molar-refractivity contribution in [1.29, 1.82) is 5.39 Å². The van der Waals surface area contributed by atoms with Crippen molar-refractivity contribution in [3.05, 3.63) is 34.3 Å². The first-order valence-corrected chi connectivity index (χ1v) is 4.29. The first-order chi connectivity index (χ1) is 7.63. The van der Waals surface area contributed by atoms with E-state index in [4.69, 9.17) is 5.39 Å². The van der Waals surface area contributed by atoms with Crippen molar-refractivity contribution in [2.45, 2.75) is 0 Å². The zero-order chi connectivity index (χ0) is 12.1. The summed E-state index contributed by atoms with van der Waals surface area (Å²) in [5.41, 5.74) is 0.204. The molecule has 6 nitrogen and oxygen atoms in total. The van der Waals surface area contributed by atoms with Gasteiger partial charge in [0.1, 0.15) is 0 Å². The summed E-state index contributed by atoms with van der Waals surface area (Å²) in [6, 6.07) is 3.94. The van der Waals surface area contributed by atoms with Gasteiger partial charge in [-0.15, -0.1) is 0 Å². The van der Waals surface area contributed by atoms with Crippen LogP contribution in [0.5, 0.6) is 0 Å². The van der Waals surface area contributed by atoms with Gasteiger partial charge in [0.2, 0.25) is 5.39 Å². The number of rotatable bonds is 2. The Morgan fingerprint density at radius 2 is 1.76 bits per heavy atom. The average molecular weight is 301 g/mol. The second-order valence-corrected chi connectivity index (χ2v) is 2.82. The molecule has 0 atom stereocenters. The Kier molecular flexibility index (Phi) is 5.85. The first-order valence-electron chi connectivity index (χ1n) is 4.29. The lowest BCUT2D eigenvalue weighted by Crippen LogP contribution is -3.00. The molecule has 0 aromatic heterocycles. The predicted octanol–water partition coefficient (Wildman–Crippen LogP) is -1.25. The fourth-order valence-electron chi connectivity index (χ4n) is 1.14. The second kappa shape index (κ2) is 6.60. The quantitative estimate of drug-likeness (QED) is 0.503. The summed E-state index contributed by atoms with van der Waals surface area (Å²) in [6.45, 7) is 0. The molecule has 7 heteroatoms. The minimum atomic E-state index is -0.649. The maximum Gasteiger partial charge on any atom is 0.400 e. The molecular formula is C10H9BrN2O4. The van der Waals surface area contributed by atoms with Crippen LogP contribution in [-0.2, 0) is 9.47 Å². The van der Waals surface area contributed by atoms with Crippen molar-refractivity contribution in [3.8, 4) is 0 Å². The molecular weight excluding hydrogens is 292 g/mol. The molecule has 0 saturated heterocycles. The lowest BCUT2D eigenvalue weighted by atomic mass is 10.1. The Morgan fingerprint density at radius 1 is 1.18 bits per heavy atom. The normalized spacial score (nSPS) is 8.53. The number of hydrogen-bond acceptors (Lipinski definition) is 5. The molecule has 0 heterocycles. The fraction of sp³-hybridized carbons (Fsp3) is 0.200. The van der Waals surface area contributed by atoms with Gasteiger partial charge in [-0.2, -0.15) is 0 Å². The van der Waals surface area contributed by atoms with Crippen molar-refractivity contribution in [1.82, 2.24) is 0 Å². The lowest BCUT2D eigenvalue weighted by Gasteiger charge is -1.99. The van der Waals surface area contributed by atoms with Gasteiger partial charge in [0, 0.05) is 6.07 Å². The van der Waals surface area contributed by atoms with Gasteiger partial charge in [-0.3, -0.25) is 0 Å². The Bertz CT molecular complexity index is 482. The van der Waals surface area contributed by atoms with Crippen LogP contribution in [0.1, 0.15) is 20.7 Å². The third-order valence-electron chi connectivity index (χ3n) is 1.93. The summed E-state index contributed by atoms with van der Waals surface area (Å²) in [7, 11) is 2.43. The molecule has 0 spiro atoms. The predicted molar refractivity (Wildman–Crippen MR) is 53.9 cm³/mol. The molecule has 0 amide bonds. The Balaban J connectivity index is 0.00000256. The largest absolute Gasteiger partial charge is 1.00 e. The summed E-state index contributed by atoms with van der Waals surface area (Å²) in [4.78, 5) is 25.3. The SMILES string of the molecule is COC(=O)c1ccc(C(=O)OC)c([N+]#N)c1.[Br-]. The van der Waals surface area contributed by atoms with Crippen LogP contribution >= 0.6 is 0 Å². The number of esters is 2. The summed E-state index contributed by atoms with van der Waals surface area (Å²) < 4.78 is 8.96. The van der Waals surface area contributed by atoms with E-state index in [2.05, 4.69) is 14.4 Å². The van der Waals surface area contributed by atoms with E-state index in [1.807, 2.05) is 0 Å². The number of benzene rings is 1. The van der Waals surface area contributed by atoms with Crippen LogP contribution in [0.4, 0.5) is 5.69 Å². The number of methoxy groups -OCH3 is 2. The van der Waals surface area contributed by atoms with Crippen molar-refractivity contribution < 1.29 is 36.0 Å². The van der Waals surface area contributed by atoms with E-state index in [0.717, 1.165) is 0 Å². The van der Waals surface area contributed by atoms with Gasteiger partial charge in [-0.1, -0.05) is 0 Å². The van der Waals surface area contributed by atoms with E-state index in [-0.39, 0.29) is 33.8 Å². The lowest BCUT2D eigenvalue weighted by molar-refractivity contribution is -0.0000322. The molecule has 0 unspecified atom stereocenters. The van der Waals surface area contributed by atoms with Gasteiger partial charge in [0.15, 0.2) is 10.5 Å². The van der Waals surface area contributed by atoms with Gasteiger partial charge in [-0.05, 0) is 12.1 Å². The van der Waals surface area contributed by atoms with E-state index in [9.17, 15) is 9.59 Å². The standard InChI is InChI=1S/C10H9N2O4.BrH/c1-15-9(13)6-3-4-7(10(14)16-2)8(5-6)12-11;/h3-5H,1-2H3;1H/q+1;/p-1. The maximum absolute atomic E-state index is 11.2. The molecule has 0 saturated carbocycles. The molecule has 90 valence electrons. The Morgan fingerprint density at radius 3 is 2.24 bits per heavy atom. The topological polar surface area (TPSA) is 80.8 Å². The van der Waals surface area contributed by atoms with Crippen LogP contribution in [0.3, 0.4) is 0 Å². The van der Waals surface area contributed by atoms with Gasteiger partial charge in [0.05, 0.1) is 19.8 Å². The highest BCUT2D eigenvalue weighted by Crippen LogP contribution is 2.22. The fourth-order valence-corrected chi connectivity index (χ4v) is 1.14. The third kappa shape index (κ3) is 3.26. The number of nitrogens with zero attached hydrogens (tertiary/aromatic N) is 2. The molecule has 0 aliphatic rings. The minimum Gasteiger partial charge on any atom is -1.00 e. The van der Waals surface area contributed by atoms with E-state index >= 15 is 0 Å². The van der Waals surface area contributed by atoms with Gasteiger partial charge in [-0.25, -0.2) is 9.59 Å². The number of hydrogen-bond donors (Lipinski definition) is 0. The molecule has 1 aromatic carbocycles. The number of carbonyl (C=O) groups excluding carboxylic acids is 2. The number of diazo groups is 1. The van der Waals surface area contributed by atoms with Crippen LogP contribution in [0.2, 0.25) is 0 Å². The van der Waals surface area contributed by atoms with Crippen molar-refractivity contribution in [2.75, 3.05) is 14.2 Å². The monoisotopic (exact) mass is 300 g/mol. The van der Waals surface area contributed by atoms with Crippen molar-refractivity contribution in [3.63, 3.8) is 0 Å². The highest BCUT2D eigenvalue weighted by molar-refractivity contribution is 5.99. The van der Waals surface area contributed by atoms with E-state index in [0.29, 0.717) is 0 Å². The first kappa shape index (κ1) is 15.1. The number of halogens is 1. The molecule has 0 radical (unpaired) electrons. The summed E-state index contributed by atoms with van der Waals surface area (Å²) in [6.07, 6.45) is 0. The van der Waals surface area contributed by atoms with Gasteiger partial charge in [0.25, 0.3) is 0 Å². The zero-order valence-corrected chi connectivity index (χ0v) is 10.7. The summed E-state index contributed by atoms with van der Waals surface area (Å²) >= 11 is 0. The number of carbonyl (C=O) groups is 2. The van der Waals surface area contributed by atoms with Crippen molar-refractivity contribution in [2.24, 2.45) is 0 Å². The number of ether oxygens (including phenoxy) is 2. The average Bonchev–Trinajstić information content (AvgIpc) is 2.35. The highest BCUT2D eigenvalue weighted by atomic mass is 79.9. The van der Waals surface area contributed by atoms with Crippen LogP contribution in [0.15, 0.2) is 18.2 Å². The molecule has 1 rings (SSSR count). The smallest absolute Gasteiger partial charge is 0.400 e. The van der Waals surface area contributed by atoms with Crippen LogP contribution in [0.25, 0.3) is 4.98 Å². The summed E-state index contributed by atoms with van der Waals surface area (Å²) in [5.74, 6) is -1.23.